The predicted octanol–water partition coefficient (Wildman–Crippen LogP) is 1.53. The number of amides is 1. The first-order chi connectivity index (χ1) is 7.03. The number of carbonyl (C=O) groups excluding carboxylic acids is 1. The Bertz CT molecular complexity index is 306. The van der Waals surface area contributed by atoms with Gasteiger partial charge in [0.25, 0.3) is 0 Å². The van der Waals surface area contributed by atoms with Crippen LogP contribution >= 0.6 is 11.3 Å². The van der Waals surface area contributed by atoms with E-state index in [9.17, 15) is 4.79 Å². The number of rotatable bonds is 5. The molecule has 3 nitrogen and oxygen atoms in total. The summed E-state index contributed by atoms with van der Waals surface area (Å²) in [6.07, 6.45) is 1.33. The van der Waals surface area contributed by atoms with Gasteiger partial charge in [0, 0.05) is 18.5 Å². The van der Waals surface area contributed by atoms with Crippen LogP contribution in [0.3, 0.4) is 0 Å². The predicted molar refractivity (Wildman–Crippen MR) is 63.9 cm³/mol. The molecule has 0 bridgehead atoms. The van der Waals surface area contributed by atoms with Gasteiger partial charge in [0.15, 0.2) is 0 Å². The molecule has 0 saturated heterocycles. The zero-order valence-electron chi connectivity index (χ0n) is 9.25. The maximum atomic E-state index is 11.5. The molecule has 1 rings (SSSR count). The molecule has 0 aromatic carbocycles. The summed E-state index contributed by atoms with van der Waals surface area (Å²) < 4.78 is 0. The maximum absolute atomic E-state index is 11.5. The molecular formula is C11H18N2OS. The van der Waals surface area contributed by atoms with Crippen molar-refractivity contribution in [1.29, 1.82) is 0 Å². The average Bonchev–Trinajstić information content (AvgIpc) is 2.66. The van der Waals surface area contributed by atoms with Crippen LogP contribution in [-0.4, -0.2) is 18.0 Å². The van der Waals surface area contributed by atoms with E-state index in [1.807, 2.05) is 25.3 Å². The van der Waals surface area contributed by atoms with Crippen LogP contribution < -0.4 is 11.1 Å². The molecule has 0 atom stereocenters. The summed E-state index contributed by atoms with van der Waals surface area (Å²) in [5.74, 6) is 0.0663. The van der Waals surface area contributed by atoms with E-state index in [0.717, 1.165) is 6.42 Å². The number of hydrogen-bond acceptors (Lipinski definition) is 3. The van der Waals surface area contributed by atoms with Gasteiger partial charge in [-0.25, -0.2) is 0 Å². The Morgan fingerprint density at radius 1 is 1.60 bits per heavy atom. The monoisotopic (exact) mass is 226 g/mol. The zero-order chi connectivity index (χ0) is 11.3. The van der Waals surface area contributed by atoms with E-state index in [4.69, 9.17) is 5.73 Å². The van der Waals surface area contributed by atoms with E-state index < -0.39 is 0 Å². The molecule has 0 radical (unpaired) electrons. The Kier molecular flexibility index (Phi) is 4.29. The second-order valence-electron chi connectivity index (χ2n) is 4.27. The second-order valence-corrected chi connectivity index (χ2v) is 5.05. The van der Waals surface area contributed by atoms with Crippen molar-refractivity contribution in [3.8, 4) is 0 Å². The molecule has 0 fully saturated rings. The summed E-state index contributed by atoms with van der Waals surface area (Å²) in [6, 6.07) is 2.05. The van der Waals surface area contributed by atoms with Crippen LogP contribution in [0.15, 0.2) is 16.8 Å². The molecule has 0 aliphatic heterocycles. The van der Waals surface area contributed by atoms with Crippen LogP contribution in [0, 0.1) is 0 Å². The molecule has 0 aliphatic carbocycles. The highest BCUT2D eigenvalue weighted by molar-refractivity contribution is 7.07. The molecule has 1 heterocycles. The van der Waals surface area contributed by atoms with Crippen LogP contribution in [0.1, 0.15) is 25.8 Å². The lowest BCUT2D eigenvalue weighted by atomic mass is 10.1. The standard InChI is InChI=1S/C11H18N2OS/c1-11(2,8-12)13-10(14)4-3-9-5-6-15-7-9/h5-7H,3-4,8,12H2,1-2H3,(H,13,14). The minimum absolute atomic E-state index is 0.0663. The van der Waals surface area contributed by atoms with Gasteiger partial charge in [0.2, 0.25) is 5.91 Å². The lowest BCUT2D eigenvalue weighted by Crippen LogP contribution is -2.48. The number of nitrogens with one attached hydrogen (secondary N) is 1. The smallest absolute Gasteiger partial charge is 0.220 e. The molecule has 0 aliphatic rings. The summed E-state index contributed by atoms with van der Waals surface area (Å²) in [5.41, 5.74) is 6.46. The van der Waals surface area contributed by atoms with Crippen LogP contribution in [-0.2, 0) is 11.2 Å². The SMILES string of the molecule is CC(C)(CN)NC(=O)CCc1ccsc1. The first-order valence-corrected chi connectivity index (χ1v) is 6.00. The first-order valence-electron chi connectivity index (χ1n) is 5.06. The van der Waals surface area contributed by atoms with Crippen molar-refractivity contribution in [3.63, 3.8) is 0 Å². The molecule has 1 amide bonds. The van der Waals surface area contributed by atoms with Crippen LogP contribution in [0.25, 0.3) is 0 Å². The molecule has 0 unspecified atom stereocenters. The van der Waals surface area contributed by atoms with Gasteiger partial charge in [0.1, 0.15) is 0 Å². The van der Waals surface area contributed by atoms with Crippen molar-refractivity contribution < 1.29 is 4.79 Å². The number of thiophene rings is 1. The fraction of sp³-hybridized carbons (Fsp3) is 0.545. The molecule has 1 aromatic rings. The van der Waals surface area contributed by atoms with Gasteiger partial charge in [-0.3, -0.25) is 4.79 Å². The highest BCUT2D eigenvalue weighted by Gasteiger charge is 2.17. The first kappa shape index (κ1) is 12.2. The third-order valence-electron chi connectivity index (χ3n) is 2.21. The highest BCUT2D eigenvalue weighted by Crippen LogP contribution is 2.08. The number of nitrogens with two attached hydrogens (primary N) is 1. The van der Waals surface area contributed by atoms with Gasteiger partial charge in [-0.1, -0.05) is 0 Å². The molecular weight excluding hydrogens is 208 g/mol. The van der Waals surface area contributed by atoms with E-state index >= 15 is 0 Å². The van der Waals surface area contributed by atoms with Gasteiger partial charge in [-0.05, 0) is 42.7 Å². The van der Waals surface area contributed by atoms with Crippen molar-refractivity contribution in [2.75, 3.05) is 6.54 Å². The largest absolute Gasteiger partial charge is 0.350 e. The summed E-state index contributed by atoms with van der Waals surface area (Å²) >= 11 is 1.66. The third kappa shape index (κ3) is 4.44. The van der Waals surface area contributed by atoms with Crippen molar-refractivity contribution in [2.24, 2.45) is 5.73 Å². The molecule has 0 saturated carbocycles. The minimum Gasteiger partial charge on any atom is -0.350 e. The number of aryl methyl sites for hydroxylation is 1. The maximum Gasteiger partial charge on any atom is 0.220 e. The van der Waals surface area contributed by atoms with E-state index in [1.54, 1.807) is 11.3 Å². The van der Waals surface area contributed by atoms with E-state index in [1.165, 1.54) is 5.56 Å². The lowest BCUT2D eigenvalue weighted by Gasteiger charge is -2.24. The van der Waals surface area contributed by atoms with Crippen molar-refractivity contribution in [3.05, 3.63) is 22.4 Å². The van der Waals surface area contributed by atoms with Crippen molar-refractivity contribution in [1.82, 2.24) is 5.32 Å². The molecule has 4 heteroatoms. The molecule has 84 valence electrons. The van der Waals surface area contributed by atoms with E-state index in [2.05, 4.69) is 10.7 Å². The Hall–Kier alpha value is -0.870. The van der Waals surface area contributed by atoms with Gasteiger partial charge in [-0.15, -0.1) is 0 Å². The van der Waals surface area contributed by atoms with Gasteiger partial charge in [-0.2, -0.15) is 11.3 Å². The highest BCUT2D eigenvalue weighted by atomic mass is 32.1. The third-order valence-corrected chi connectivity index (χ3v) is 2.94. The Balaban J connectivity index is 2.31. The fourth-order valence-electron chi connectivity index (χ4n) is 1.18. The molecule has 1 aromatic heterocycles. The summed E-state index contributed by atoms with van der Waals surface area (Å²) in [6.45, 7) is 4.31. The minimum atomic E-state index is -0.300. The van der Waals surface area contributed by atoms with E-state index in [-0.39, 0.29) is 11.4 Å². The van der Waals surface area contributed by atoms with Crippen LogP contribution in [0.5, 0.6) is 0 Å². The fourth-order valence-corrected chi connectivity index (χ4v) is 1.89. The summed E-state index contributed by atoms with van der Waals surface area (Å²) in [5, 5.41) is 7.00. The molecule has 0 spiro atoms. The van der Waals surface area contributed by atoms with Gasteiger partial charge < -0.3 is 11.1 Å². The Labute approximate surface area is 94.7 Å². The Morgan fingerprint density at radius 3 is 2.87 bits per heavy atom. The number of hydrogen-bond donors (Lipinski definition) is 2. The average molecular weight is 226 g/mol. The summed E-state index contributed by atoms with van der Waals surface area (Å²) in [7, 11) is 0. The normalized spacial score (nSPS) is 11.4. The van der Waals surface area contributed by atoms with Crippen molar-refractivity contribution in [2.45, 2.75) is 32.2 Å². The number of carbonyl (C=O) groups is 1. The Morgan fingerprint density at radius 2 is 2.33 bits per heavy atom. The van der Waals surface area contributed by atoms with Gasteiger partial charge in [0.05, 0.1) is 0 Å². The zero-order valence-corrected chi connectivity index (χ0v) is 10.1. The second kappa shape index (κ2) is 5.28. The van der Waals surface area contributed by atoms with E-state index in [0.29, 0.717) is 13.0 Å². The molecule has 3 N–H and O–H groups in total. The quantitative estimate of drug-likeness (QED) is 0.800. The van der Waals surface area contributed by atoms with Crippen LogP contribution in [0.2, 0.25) is 0 Å². The van der Waals surface area contributed by atoms with Crippen LogP contribution in [0.4, 0.5) is 0 Å². The topological polar surface area (TPSA) is 55.1 Å². The summed E-state index contributed by atoms with van der Waals surface area (Å²) in [4.78, 5) is 11.5. The van der Waals surface area contributed by atoms with Crippen molar-refractivity contribution >= 4 is 17.2 Å². The lowest BCUT2D eigenvalue weighted by molar-refractivity contribution is -0.122. The van der Waals surface area contributed by atoms with Gasteiger partial charge >= 0.3 is 0 Å². The molecule has 15 heavy (non-hydrogen) atoms.